The van der Waals surface area contributed by atoms with Gasteiger partial charge < -0.3 is 0 Å². The predicted molar refractivity (Wildman–Crippen MR) is 73.6 cm³/mol. The van der Waals surface area contributed by atoms with Crippen molar-refractivity contribution in [1.82, 2.24) is 14.9 Å². The van der Waals surface area contributed by atoms with Crippen LogP contribution in [0.5, 0.6) is 0 Å². The van der Waals surface area contributed by atoms with Crippen LogP contribution in [-0.4, -0.2) is 30.5 Å². The number of alkyl halides is 1. The molecule has 2 rings (SSSR count). The summed E-state index contributed by atoms with van der Waals surface area (Å²) in [5.41, 5.74) is 1.03. The molecule has 0 aliphatic heterocycles. The third-order valence-corrected chi connectivity index (χ3v) is 4.48. The minimum atomic E-state index is -3.58. The van der Waals surface area contributed by atoms with Crippen LogP contribution in [0, 0.1) is 0 Å². The summed E-state index contributed by atoms with van der Waals surface area (Å²) in [5, 5.41) is 6.10. The number of aromatic amines is 1. The molecule has 1 unspecified atom stereocenters. The lowest BCUT2D eigenvalue weighted by Gasteiger charge is -2.15. The number of nitrogens with one attached hydrogen (secondary N) is 2. The summed E-state index contributed by atoms with van der Waals surface area (Å²) in [6, 6.07) is 9.24. The first kappa shape index (κ1) is 14.0. The summed E-state index contributed by atoms with van der Waals surface area (Å²) in [5.74, 6) is 0.200. The first-order chi connectivity index (χ1) is 9.12. The fourth-order valence-electron chi connectivity index (χ4n) is 1.70. The van der Waals surface area contributed by atoms with Crippen molar-refractivity contribution in [1.29, 1.82) is 0 Å². The number of benzene rings is 1. The summed E-state index contributed by atoms with van der Waals surface area (Å²) in [6.45, 7) is 0. The Morgan fingerprint density at radius 2 is 2.05 bits per heavy atom. The van der Waals surface area contributed by atoms with Crippen LogP contribution in [0.15, 0.2) is 47.6 Å². The zero-order valence-electron chi connectivity index (χ0n) is 10.1. The molecule has 0 aliphatic carbocycles. The molecule has 19 heavy (non-hydrogen) atoms. The molecule has 0 saturated carbocycles. The van der Waals surface area contributed by atoms with Gasteiger partial charge in [-0.1, -0.05) is 30.3 Å². The van der Waals surface area contributed by atoms with E-state index in [0.717, 1.165) is 5.56 Å². The third kappa shape index (κ3) is 3.79. The molecule has 0 fully saturated rings. The maximum atomic E-state index is 12.0. The maximum absolute atomic E-state index is 12.0. The highest BCUT2D eigenvalue weighted by Gasteiger charge is 2.20. The van der Waals surface area contributed by atoms with Crippen molar-refractivity contribution in [3.63, 3.8) is 0 Å². The van der Waals surface area contributed by atoms with Gasteiger partial charge in [0.25, 0.3) is 0 Å². The molecular formula is C12H14ClN3O2S. The monoisotopic (exact) mass is 299 g/mol. The van der Waals surface area contributed by atoms with Crippen molar-refractivity contribution in [3.05, 3.63) is 48.3 Å². The van der Waals surface area contributed by atoms with Gasteiger partial charge in [0.1, 0.15) is 4.90 Å². The van der Waals surface area contributed by atoms with Crippen LogP contribution in [0.4, 0.5) is 0 Å². The predicted octanol–water partition coefficient (Wildman–Crippen LogP) is 1.54. The zero-order chi connectivity index (χ0) is 13.7. The van der Waals surface area contributed by atoms with Crippen molar-refractivity contribution < 1.29 is 8.42 Å². The Kier molecular flexibility index (Phi) is 4.57. The van der Waals surface area contributed by atoms with E-state index in [-0.39, 0.29) is 16.8 Å². The van der Waals surface area contributed by atoms with Crippen LogP contribution >= 0.6 is 11.6 Å². The highest BCUT2D eigenvalue weighted by atomic mass is 35.5. The third-order valence-electron chi connectivity index (χ3n) is 2.62. The lowest BCUT2D eigenvalue weighted by atomic mass is 10.1. The number of rotatable bonds is 6. The SMILES string of the molecule is O=S(=O)(NC(CCl)Cc1ccccc1)c1cn[nH]c1. The average Bonchev–Trinajstić information content (AvgIpc) is 2.93. The van der Waals surface area contributed by atoms with Gasteiger partial charge in [0.15, 0.2) is 0 Å². The summed E-state index contributed by atoms with van der Waals surface area (Å²) >= 11 is 5.83. The van der Waals surface area contributed by atoms with Crippen LogP contribution in [-0.2, 0) is 16.4 Å². The van der Waals surface area contributed by atoms with Crippen molar-refractivity contribution in [2.24, 2.45) is 0 Å². The van der Waals surface area contributed by atoms with E-state index in [2.05, 4.69) is 14.9 Å². The first-order valence-electron chi connectivity index (χ1n) is 5.73. The summed E-state index contributed by atoms with van der Waals surface area (Å²) in [6.07, 6.45) is 3.13. The molecule has 2 aromatic rings. The Bertz CT molecular complexity index is 599. The highest BCUT2D eigenvalue weighted by Crippen LogP contribution is 2.10. The number of aromatic nitrogens is 2. The Balaban J connectivity index is 2.08. The van der Waals surface area contributed by atoms with E-state index >= 15 is 0 Å². The van der Waals surface area contributed by atoms with Crippen molar-refractivity contribution in [3.8, 4) is 0 Å². The van der Waals surface area contributed by atoms with E-state index in [1.165, 1.54) is 12.4 Å². The van der Waals surface area contributed by atoms with Gasteiger partial charge in [-0.2, -0.15) is 5.10 Å². The van der Waals surface area contributed by atoms with Crippen LogP contribution in [0.3, 0.4) is 0 Å². The fourth-order valence-corrected chi connectivity index (χ4v) is 3.12. The lowest BCUT2D eigenvalue weighted by Crippen LogP contribution is -2.37. The molecule has 0 saturated heterocycles. The van der Waals surface area contributed by atoms with E-state index < -0.39 is 10.0 Å². The highest BCUT2D eigenvalue weighted by molar-refractivity contribution is 7.89. The molecule has 5 nitrogen and oxygen atoms in total. The molecule has 102 valence electrons. The van der Waals surface area contributed by atoms with E-state index in [9.17, 15) is 8.42 Å². The second-order valence-electron chi connectivity index (χ2n) is 4.10. The van der Waals surface area contributed by atoms with Gasteiger partial charge in [-0.3, -0.25) is 5.10 Å². The summed E-state index contributed by atoms with van der Waals surface area (Å²) in [4.78, 5) is 0.107. The topological polar surface area (TPSA) is 74.8 Å². The molecule has 1 aromatic heterocycles. The van der Waals surface area contributed by atoms with Gasteiger partial charge in [0.05, 0.1) is 6.20 Å². The maximum Gasteiger partial charge on any atom is 0.243 e. The van der Waals surface area contributed by atoms with Gasteiger partial charge in [-0.05, 0) is 12.0 Å². The van der Waals surface area contributed by atoms with Gasteiger partial charge in [0, 0.05) is 18.1 Å². The molecule has 1 aromatic carbocycles. The van der Waals surface area contributed by atoms with Crippen LogP contribution in [0.25, 0.3) is 0 Å². The minimum absolute atomic E-state index is 0.107. The normalized spacial score (nSPS) is 13.3. The van der Waals surface area contributed by atoms with Crippen LogP contribution in [0.2, 0.25) is 0 Å². The minimum Gasteiger partial charge on any atom is -0.284 e. The van der Waals surface area contributed by atoms with Gasteiger partial charge >= 0.3 is 0 Å². The molecule has 7 heteroatoms. The average molecular weight is 300 g/mol. The van der Waals surface area contributed by atoms with Gasteiger partial charge in [-0.15, -0.1) is 11.6 Å². The molecule has 0 spiro atoms. The Morgan fingerprint density at radius 1 is 1.32 bits per heavy atom. The molecule has 1 atom stereocenters. The number of sulfonamides is 1. The second-order valence-corrected chi connectivity index (χ2v) is 6.12. The quantitative estimate of drug-likeness (QED) is 0.795. The standard InChI is InChI=1S/C12H14ClN3O2S/c13-7-11(6-10-4-2-1-3-5-10)16-19(17,18)12-8-14-15-9-12/h1-5,8-9,11,16H,6-7H2,(H,14,15). The Labute approximate surface area is 117 Å². The van der Waals surface area contributed by atoms with Gasteiger partial charge in [0.2, 0.25) is 10.0 Å². The number of H-pyrrole nitrogens is 1. The zero-order valence-corrected chi connectivity index (χ0v) is 11.7. The van der Waals surface area contributed by atoms with Crippen LogP contribution in [0.1, 0.15) is 5.56 Å². The van der Waals surface area contributed by atoms with E-state index in [4.69, 9.17) is 11.6 Å². The molecule has 0 bridgehead atoms. The molecule has 1 heterocycles. The summed E-state index contributed by atoms with van der Waals surface area (Å²) in [7, 11) is -3.58. The Morgan fingerprint density at radius 3 is 2.63 bits per heavy atom. The number of halogens is 1. The number of nitrogens with zero attached hydrogens (tertiary/aromatic N) is 1. The second kappa shape index (κ2) is 6.18. The Hall–Kier alpha value is -1.37. The molecular weight excluding hydrogens is 286 g/mol. The van der Waals surface area contributed by atoms with Crippen LogP contribution < -0.4 is 4.72 Å². The number of hydrogen-bond acceptors (Lipinski definition) is 3. The van der Waals surface area contributed by atoms with E-state index in [0.29, 0.717) is 6.42 Å². The smallest absolute Gasteiger partial charge is 0.243 e. The van der Waals surface area contributed by atoms with Gasteiger partial charge in [-0.25, -0.2) is 13.1 Å². The number of hydrogen-bond donors (Lipinski definition) is 2. The lowest BCUT2D eigenvalue weighted by molar-refractivity contribution is 0.561. The molecule has 0 aliphatic rings. The summed E-state index contributed by atoms with van der Waals surface area (Å²) < 4.78 is 26.6. The van der Waals surface area contributed by atoms with Crippen molar-refractivity contribution in [2.75, 3.05) is 5.88 Å². The largest absolute Gasteiger partial charge is 0.284 e. The molecule has 2 N–H and O–H groups in total. The molecule has 0 amide bonds. The fraction of sp³-hybridized carbons (Fsp3) is 0.250. The van der Waals surface area contributed by atoms with E-state index in [1.54, 1.807) is 0 Å². The molecule has 0 radical (unpaired) electrons. The van der Waals surface area contributed by atoms with E-state index in [1.807, 2.05) is 30.3 Å². The van der Waals surface area contributed by atoms with Crippen molar-refractivity contribution in [2.45, 2.75) is 17.4 Å². The first-order valence-corrected chi connectivity index (χ1v) is 7.74. The van der Waals surface area contributed by atoms with Crippen molar-refractivity contribution >= 4 is 21.6 Å².